The van der Waals surface area contributed by atoms with Crippen molar-refractivity contribution in [2.24, 2.45) is 0 Å². The molecule has 2 rings (SSSR count). The highest BCUT2D eigenvalue weighted by Gasteiger charge is 2.34. The van der Waals surface area contributed by atoms with Crippen molar-refractivity contribution in [1.82, 2.24) is 5.32 Å². The molecule has 0 aliphatic rings. The molecule has 1 amide bonds. The molecule has 0 aliphatic carbocycles. The van der Waals surface area contributed by atoms with E-state index in [1.807, 2.05) is 6.92 Å². The SMILES string of the molecule is Cc1ccc(C(=O)NC(=S)Nc2ccc(I)cc2C(F)(F)F)c(Cl)c1. The summed E-state index contributed by atoms with van der Waals surface area (Å²) in [6.45, 7) is 1.81. The summed E-state index contributed by atoms with van der Waals surface area (Å²) in [6.07, 6.45) is -4.55. The summed E-state index contributed by atoms with van der Waals surface area (Å²) in [4.78, 5) is 12.2. The van der Waals surface area contributed by atoms with Crippen molar-refractivity contribution in [1.29, 1.82) is 0 Å². The smallest absolute Gasteiger partial charge is 0.332 e. The van der Waals surface area contributed by atoms with E-state index in [2.05, 4.69) is 10.6 Å². The Kier molecular flexibility index (Phi) is 6.28. The van der Waals surface area contributed by atoms with Crippen LogP contribution in [0.3, 0.4) is 0 Å². The molecule has 0 radical (unpaired) electrons. The van der Waals surface area contributed by atoms with E-state index in [0.29, 0.717) is 3.57 Å². The highest BCUT2D eigenvalue weighted by molar-refractivity contribution is 14.1. The average Bonchev–Trinajstić information content (AvgIpc) is 2.47. The Morgan fingerprint density at radius 2 is 1.88 bits per heavy atom. The van der Waals surface area contributed by atoms with Crippen LogP contribution in [0.5, 0.6) is 0 Å². The number of amides is 1. The molecule has 25 heavy (non-hydrogen) atoms. The largest absolute Gasteiger partial charge is 0.418 e. The van der Waals surface area contributed by atoms with Gasteiger partial charge >= 0.3 is 6.18 Å². The van der Waals surface area contributed by atoms with Crippen LogP contribution in [0.1, 0.15) is 21.5 Å². The number of halogens is 5. The van der Waals surface area contributed by atoms with E-state index in [1.54, 1.807) is 34.7 Å². The fourth-order valence-electron chi connectivity index (χ4n) is 1.99. The molecule has 0 atom stereocenters. The molecule has 0 unspecified atom stereocenters. The first-order valence-electron chi connectivity index (χ1n) is 6.83. The summed E-state index contributed by atoms with van der Waals surface area (Å²) in [5.41, 5.74) is -0.0661. The minimum Gasteiger partial charge on any atom is -0.332 e. The lowest BCUT2D eigenvalue weighted by Gasteiger charge is -2.16. The van der Waals surface area contributed by atoms with Crippen LogP contribution in [0, 0.1) is 10.5 Å². The van der Waals surface area contributed by atoms with Crippen LogP contribution in [0.2, 0.25) is 5.02 Å². The standard InChI is InChI=1S/C16H11ClF3IN2OS/c1-8-2-4-10(12(17)6-8)14(24)23-15(25)22-13-5-3-9(21)7-11(13)16(18,19)20/h2-7H,1H3,(H2,22,23,24,25). The Hall–Kier alpha value is -1.39. The number of carbonyl (C=O) groups excluding carboxylic acids is 1. The predicted octanol–water partition coefficient (Wildman–Crippen LogP) is 5.40. The first-order valence-corrected chi connectivity index (χ1v) is 8.69. The maximum absolute atomic E-state index is 13.1. The lowest BCUT2D eigenvalue weighted by molar-refractivity contribution is -0.137. The summed E-state index contributed by atoms with van der Waals surface area (Å²) in [5, 5.41) is 4.71. The van der Waals surface area contributed by atoms with Gasteiger partial charge in [-0.05, 0) is 77.6 Å². The van der Waals surface area contributed by atoms with E-state index < -0.39 is 17.6 Å². The van der Waals surface area contributed by atoms with Crippen LogP contribution in [0.25, 0.3) is 0 Å². The minimum absolute atomic E-state index is 0.176. The molecular weight excluding hydrogens is 488 g/mol. The van der Waals surface area contributed by atoms with Crippen molar-refractivity contribution in [3.05, 3.63) is 61.7 Å². The van der Waals surface area contributed by atoms with Gasteiger partial charge in [-0.3, -0.25) is 10.1 Å². The van der Waals surface area contributed by atoms with E-state index >= 15 is 0 Å². The van der Waals surface area contributed by atoms with Crippen LogP contribution >= 0.6 is 46.4 Å². The average molecular weight is 499 g/mol. The predicted molar refractivity (Wildman–Crippen MR) is 104 cm³/mol. The van der Waals surface area contributed by atoms with Gasteiger partial charge in [-0.1, -0.05) is 17.7 Å². The third-order valence-corrected chi connectivity index (χ3v) is 4.32. The Labute approximate surface area is 166 Å². The monoisotopic (exact) mass is 498 g/mol. The van der Waals surface area contributed by atoms with E-state index in [1.165, 1.54) is 18.2 Å². The van der Waals surface area contributed by atoms with Crippen LogP contribution in [0.15, 0.2) is 36.4 Å². The van der Waals surface area contributed by atoms with Gasteiger partial charge in [0.25, 0.3) is 5.91 Å². The van der Waals surface area contributed by atoms with Crippen molar-refractivity contribution in [3.63, 3.8) is 0 Å². The molecule has 0 saturated heterocycles. The van der Waals surface area contributed by atoms with Crippen molar-refractivity contribution >= 4 is 63.1 Å². The molecule has 0 aliphatic heterocycles. The molecule has 0 heterocycles. The molecule has 0 saturated carbocycles. The zero-order valence-electron chi connectivity index (χ0n) is 12.7. The quantitative estimate of drug-likeness (QED) is 0.430. The maximum atomic E-state index is 13.1. The van der Waals surface area contributed by atoms with Gasteiger partial charge in [-0.25, -0.2) is 0 Å². The molecule has 2 N–H and O–H groups in total. The summed E-state index contributed by atoms with van der Waals surface area (Å²) < 4.78 is 39.7. The molecule has 2 aromatic carbocycles. The van der Waals surface area contributed by atoms with Gasteiger partial charge in [0.2, 0.25) is 0 Å². The van der Waals surface area contributed by atoms with E-state index in [4.69, 9.17) is 23.8 Å². The summed E-state index contributed by atoms with van der Waals surface area (Å²) in [5.74, 6) is -0.610. The lowest BCUT2D eigenvalue weighted by Crippen LogP contribution is -2.34. The highest BCUT2D eigenvalue weighted by Crippen LogP contribution is 2.35. The Balaban J connectivity index is 2.17. The number of benzene rings is 2. The Morgan fingerprint density at radius 1 is 1.20 bits per heavy atom. The molecule has 0 bridgehead atoms. The minimum atomic E-state index is -4.55. The number of anilines is 1. The Morgan fingerprint density at radius 3 is 2.48 bits per heavy atom. The number of hydrogen-bond donors (Lipinski definition) is 2. The molecule has 2 aromatic rings. The molecule has 0 fully saturated rings. The zero-order valence-corrected chi connectivity index (χ0v) is 16.4. The number of rotatable bonds is 2. The van der Waals surface area contributed by atoms with E-state index in [0.717, 1.165) is 11.6 Å². The van der Waals surface area contributed by atoms with Gasteiger partial charge in [0.15, 0.2) is 5.11 Å². The second kappa shape index (κ2) is 7.88. The van der Waals surface area contributed by atoms with Crippen LogP contribution in [-0.2, 0) is 6.18 Å². The maximum Gasteiger partial charge on any atom is 0.418 e. The number of hydrogen-bond acceptors (Lipinski definition) is 2. The van der Waals surface area contributed by atoms with E-state index in [9.17, 15) is 18.0 Å². The zero-order chi connectivity index (χ0) is 18.8. The molecule has 0 aromatic heterocycles. The number of aryl methyl sites for hydroxylation is 1. The van der Waals surface area contributed by atoms with Crippen LogP contribution in [0.4, 0.5) is 18.9 Å². The molecule has 3 nitrogen and oxygen atoms in total. The van der Waals surface area contributed by atoms with Crippen molar-refractivity contribution in [3.8, 4) is 0 Å². The molecule has 132 valence electrons. The topological polar surface area (TPSA) is 41.1 Å². The number of alkyl halides is 3. The van der Waals surface area contributed by atoms with Crippen LogP contribution in [-0.4, -0.2) is 11.0 Å². The van der Waals surface area contributed by atoms with Gasteiger partial charge in [-0.2, -0.15) is 13.2 Å². The summed E-state index contributed by atoms with van der Waals surface area (Å²) in [6, 6.07) is 8.55. The molecular formula is C16H11ClF3IN2OS. The van der Waals surface area contributed by atoms with Gasteiger partial charge in [0.05, 0.1) is 21.8 Å². The third-order valence-electron chi connectivity index (χ3n) is 3.13. The molecule has 0 spiro atoms. The summed E-state index contributed by atoms with van der Waals surface area (Å²) in [7, 11) is 0. The Bertz CT molecular complexity index is 843. The third kappa shape index (κ3) is 5.29. The fourth-order valence-corrected chi connectivity index (χ4v) is 3.00. The second-order valence-corrected chi connectivity index (χ2v) is 7.14. The normalized spacial score (nSPS) is 11.1. The first-order chi connectivity index (χ1) is 11.6. The highest BCUT2D eigenvalue weighted by atomic mass is 127. The first kappa shape index (κ1) is 19.9. The van der Waals surface area contributed by atoms with E-state index in [-0.39, 0.29) is 21.4 Å². The lowest BCUT2D eigenvalue weighted by atomic mass is 10.1. The number of carbonyl (C=O) groups is 1. The van der Waals surface area contributed by atoms with Gasteiger partial charge in [0.1, 0.15) is 0 Å². The number of nitrogens with one attached hydrogen (secondary N) is 2. The molecule has 9 heteroatoms. The van der Waals surface area contributed by atoms with Crippen molar-refractivity contribution in [2.75, 3.05) is 5.32 Å². The second-order valence-electron chi connectivity index (χ2n) is 5.08. The van der Waals surface area contributed by atoms with Gasteiger partial charge in [-0.15, -0.1) is 0 Å². The van der Waals surface area contributed by atoms with Gasteiger partial charge in [0, 0.05) is 3.57 Å². The van der Waals surface area contributed by atoms with Crippen molar-refractivity contribution < 1.29 is 18.0 Å². The van der Waals surface area contributed by atoms with Gasteiger partial charge < -0.3 is 5.32 Å². The number of thiocarbonyl (C=S) groups is 1. The van der Waals surface area contributed by atoms with Crippen molar-refractivity contribution in [2.45, 2.75) is 13.1 Å². The summed E-state index contributed by atoms with van der Waals surface area (Å²) >= 11 is 12.7. The van der Waals surface area contributed by atoms with Crippen LogP contribution < -0.4 is 10.6 Å². The fraction of sp³-hybridized carbons (Fsp3) is 0.125.